The predicted octanol–water partition coefficient (Wildman–Crippen LogP) is 4.57. The third-order valence-corrected chi connectivity index (χ3v) is 5.15. The second-order valence-electron chi connectivity index (χ2n) is 7.29. The number of hydrogen-bond acceptors (Lipinski definition) is 7. The number of methoxy groups -OCH3 is 1. The van der Waals surface area contributed by atoms with Gasteiger partial charge in [0.1, 0.15) is 17.2 Å². The second-order valence-corrected chi connectivity index (χ2v) is 7.29. The lowest BCUT2D eigenvalue weighted by Gasteiger charge is -2.08. The number of ketones is 1. The van der Waals surface area contributed by atoms with Gasteiger partial charge in [0.2, 0.25) is 12.6 Å². The van der Waals surface area contributed by atoms with Crippen LogP contribution >= 0.6 is 0 Å². The summed E-state index contributed by atoms with van der Waals surface area (Å²) in [5.74, 6) is 1.86. The van der Waals surface area contributed by atoms with E-state index in [1.54, 1.807) is 61.5 Å². The van der Waals surface area contributed by atoms with Crippen LogP contribution in [-0.4, -0.2) is 25.7 Å². The lowest BCUT2D eigenvalue weighted by molar-refractivity contribution is 0.0734. The predicted molar refractivity (Wildman–Crippen MR) is 115 cm³/mol. The minimum atomic E-state index is -0.538. The zero-order valence-corrected chi connectivity index (χ0v) is 17.3. The van der Waals surface area contributed by atoms with E-state index in [0.717, 1.165) is 5.56 Å². The molecule has 2 aliphatic heterocycles. The molecule has 160 valence electrons. The maximum absolute atomic E-state index is 12.9. The fourth-order valence-corrected chi connectivity index (χ4v) is 3.61. The van der Waals surface area contributed by atoms with Gasteiger partial charge in [0.05, 0.1) is 18.2 Å². The molecule has 0 saturated carbocycles. The van der Waals surface area contributed by atoms with Gasteiger partial charge >= 0.3 is 5.97 Å². The Morgan fingerprint density at radius 1 is 0.969 bits per heavy atom. The molecule has 0 atom stereocenters. The van der Waals surface area contributed by atoms with Gasteiger partial charge in [-0.3, -0.25) is 4.79 Å². The smallest absolute Gasteiger partial charge is 0.343 e. The van der Waals surface area contributed by atoms with Crippen molar-refractivity contribution in [3.05, 3.63) is 82.6 Å². The molecule has 2 aliphatic rings. The number of ether oxygens (including phenoxy) is 5. The molecule has 0 amide bonds. The molecule has 0 saturated heterocycles. The molecule has 0 unspecified atom stereocenters. The molecule has 0 radical (unpaired) electrons. The first kappa shape index (κ1) is 19.7. The van der Waals surface area contributed by atoms with E-state index in [0.29, 0.717) is 39.7 Å². The molecule has 0 aromatic heterocycles. The number of carbonyl (C=O) groups is 2. The summed E-state index contributed by atoms with van der Waals surface area (Å²) < 4.78 is 27.2. The zero-order chi connectivity index (χ0) is 22.2. The summed E-state index contributed by atoms with van der Waals surface area (Å²) in [7, 11) is 1.53. The SMILES string of the molecule is COc1cccc(C(=O)Oc2cc(C)c3c(c2)O/C(=C\c2ccc4c(c2)OCO4)C3=O)c1. The van der Waals surface area contributed by atoms with Crippen molar-refractivity contribution < 1.29 is 33.3 Å². The Morgan fingerprint density at radius 3 is 2.66 bits per heavy atom. The van der Waals surface area contributed by atoms with Crippen molar-refractivity contribution in [2.45, 2.75) is 6.92 Å². The minimum Gasteiger partial charge on any atom is -0.497 e. The molecular weight excluding hydrogens is 412 g/mol. The highest BCUT2D eigenvalue weighted by atomic mass is 16.7. The number of aryl methyl sites for hydroxylation is 1. The van der Waals surface area contributed by atoms with Gasteiger partial charge in [-0.05, 0) is 60.5 Å². The molecule has 0 aliphatic carbocycles. The standard InChI is InChI=1S/C25H18O7/c1-14-8-18(31-25(27)16-4-3-5-17(11-16)28-2)12-21-23(14)24(26)22(32-21)10-15-6-7-19-20(9-15)30-13-29-19/h3-12H,13H2,1-2H3/b22-10-. The van der Waals surface area contributed by atoms with E-state index in [2.05, 4.69) is 0 Å². The number of esters is 1. The third-order valence-electron chi connectivity index (χ3n) is 5.15. The molecule has 3 aromatic rings. The molecule has 7 heteroatoms. The summed E-state index contributed by atoms with van der Waals surface area (Å²) in [6.45, 7) is 1.94. The van der Waals surface area contributed by atoms with Crippen LogP contribution in [0.15, 0.2) is 60.4 Å². The summed E-state index contributed by atoms with van der Waals surface area (Å²) in [6.07, 6.45) is 1.64. The van der Waals surface area contributed by atoms with Crippen molar-refractivity contribution in [2.24, 2.45) is 0 Å². The van der Waals surface area contributed by atoms with Crippen LogP contribution in [0.3, 0.4) is 0 Å². The summed E-state index contributed by atoms with van der Waals surface area (Å²) in [4.78, 5) is 25.4. The number of allylic oxidation sites excluding steroid dienone is 1. The highest BCUT2D eigenvalue weighted by Gasteiger charge is 2.30. The van der Waals surface area contributed by atoms with Gasteiger partial charge in [-0.2, -0.15) is 0 Å². The fraction of sp³-hybridized carbons (Fsp3) is 0.120. The number of fused-ring (bicyclic) bond motifs is 2. The summed E-state index contributed by atoms with van der Waals surface area (Å²) in [5.41, 5.74) is 2.18. The van der Waals surface area contributed by atoms with Gasteiger partial charge in [0.15, 0.2) is 17.3 Å². The molecule has 0 spiro atoms. The Kier molecular flexibility index (Phi) is 4.78. The van der Waals surface area contributed by atoms with E-state index >= 15 is 0 Å². The molecule has 2 heterocycles. The van der Waals surface area contributed by atoms with Crippen LogP contribution in [0.5, 0.6) is 28.7 Å². The first-order chi connectivity index (χ1) is 15.5. The van der Waals surface area contributed by atoms with Crippen molar-refractivity contribution in [3.63, 3.8) is 0 Å². The van der Waals surface area contributed by atoms with Crippen LogP contribution in [-0.2, 0) is 0 Å². The lowest BCUT2D eigenvalue weighted by atomic mass is 10.0. The van der Waals surface area contributed by atoms with Crippen molar-refractivity contribution in [2.75, 3.05) is 13.9 Å². The molecule has 5 rings (SSSR count). The Balaban J connectivity index is 1.40. The normalized spacial score (nSPS) is 14.8. The molecule has 7 nitrogen and oxygen atoms in total. The number of carbonyl (C=O) groups excluding carboxylic acids is 2. The average Bonchev–Trinajstić information content (AvgIpc) is 3.38. The zero-order valence-electron chi connectivity index (χ0n) is 17.3. The van der Waals surface area contributed by atoms with Crippen LogP contribution in [0.2, 0.25) is 0 Å². The van der Waals surface area contributed by atoms with Crippen molar-refractivity contribution >= 4 is 17.8 Å². The lowest BCUT2D eigenvalue weighted by Crippen LogP contribution is -2.09. The largest absolute Gasteiger partial charge is 0.497 e. The third kappa shape index (κ3) is 3.54. The van der Waals surface area contributed by atoms with Crippen molar-refractivity contribution in [1.82, 2.24) is 0 Å². The molecule has 0 N–H and O–H groups in total. The van der Waals surface area contributed by atoms with Gasteiger partial charge in [0, 0.05) is 6.07 Å². The van der Waals surface area contributed by atoms with Crippen LogP contribution in [0.4, 0.5) is 0 Å². The molecule has 3 aromatic carbocycles. The number of Topliss-reactive ketones (excluding diaryl/α,β-unsaturated/α-hetero) is 1. The Bertz CT molecular complexity index is 1290. The average molecular weight is 430 g/mol. The van der Waals surface area contributed by atoms with Crippen LogP contribution < -0.4 is 23.7 Å². The minimum absolute atomic E-state index is 0.173. The second kappa shape index (κ2) is 7.77. The highest BCUT2D eigenvalue weighted by Crippen LogP contribution is 2.39. The van der Waals surface area contributed by atoms with Crippen LogP contribution in [0.25, 0.3) is 6.08 Å². The van der Waals surface area contributed by atoms with Gasteiger partial charge in [0.25, 0.3) is 0 Å². The Labute approximate surface area is 183 Å². The number of rotatable bonds is 4. The van der Waals surface area contributed by atoms with E-state index in [-0.39, 0.29) is 24.1 Å². The highest BCUT2D eigenvalue weighted by molar-refractivity contribution is 6.15. The van der Waals surface area contributed by atoms with E-state index in [1.165, 1.54) is 7.11 Å². The van der Waals surface area contributed by atoms with E-state index < -0.39 is 5.97 Å². The number of hydrogen-bond donors (Lipinski definition) is 0. The monoisotopic (exact) mass is 430 g/mol. The first-order valence-corrected chi connectivity index (χ1v) is 9.86. The fourth-order valence-electron chi connectivity index (χ4n) is 3.61. The topological polar surface area (TPSA) is 80.3 Å². The molecule has 32 heavy (non-hydrogen) atoms. The Hall–Kier alpha value is -4.26. The van der Waals surface area contributed by atoms with Gasteiger partial charge < -0.3 is 23.7 Å². The van der Waals surface area contributed by atoms with Crippen molar-refractivity contribution in [1.29, 1.82) is 0 Å². The quantitative estimate of drug-likeness (QED) is 0.341. The van der Waals surface area contributed by atoms with Gasteiger partial charge in [-0.15, -0.1) is 0 Å². The van der Waals surface area contributed by atoms with E-state index in [1.807, 2.05) is 6.07 Å². The van der Waals surface area contributed by atoms with Crippen LogP contribution in [0, 0.1) is 6.92 Å². The van der Waals surface area contributed by atoms with E-state index in [9.17, 15) is 9.59 Å². The molecule has 0 bridgehead atoms. The van der Waals surface area contributed by atoms with E-state index in [4.69, 9.17) is 23.7 Å². The van der Waals surface area contributed by atoms with Crippen LogP contribution in [0.1, 0.15) is 31.8 Å². The first-order valence-electron chi connectivity index (χ1n) is 9.86. The maximum Gasteiger partial charge on any atom is 0.343 e. The van der Waals surface area contributed by atoms with Gasteiger partial charge in [-0.25, -0.2) is 4.79 Å². The molecule has 0 fully saturated rings. The van der Waals surface area contributed by atoms with Gasteiger partial charge in [-0.1, -0.05) is 12.1 Å². The maximum atomic E-state index is 12.9. The Morgan fingerprint density at radius 2 is 1.81 bits per heavy atom. The summed E-state index contributed by atoms with van der Waals surface area (Å²) in [5, 5.41) is 0. The van der Waals surface area contributed by atoms with Crippen molar-refractivity contribution in [3.8, 4) is 28.7 Å². The number of benzene rings is 3. The summed E-state index contributed by atoms with van der Waals surface area (Å²) in [6, 6.07) is 15.2. The summed E-state index contributed by atoms with van der Waals surface area (Å²) >= 11 is 0. The molecular formula is C25H18O7.